The van der Waals surface area contributed by atoms with Crippen LogP contribution in [0.25, 0.3) is 10.8 Å². The smallest absolute Gasteiger partial charge is 0.296 e. The summed E-state index contributed by atoms with van der Waals surface area (Å²) in [6.45, 7) is 9.29. The maximum atomic E-state index is 13.5. The van der Waals surface area contributed by atoms with Gasteiger partial charge in [-0.05, 0) is 106 Å². The minimum atomic E-state index is -5.11. The fourth-order valence-electron chi connectivity index (χ4n) is 5.31. The molecule has 0 spiro atoms. The number of fused-ring (bicyclic) bond motifs is 1. The lowest BCUT2D eigenvalue weighted by Crippen LogP contribution is -2.50. The van der Waals surface area contributed by atoms with Crippen LogP contribution in [-0.2, 0) is 20.2 Å². The van der Waals surface area contributed by atoms with Gasteiger partial charge in [0.15, 0.2) is 11.5 Å². The van der Waals surface area contributed by atoms with Gasteiger partial charge in [0.2, 0.25) is 0 Å². The van der Waals surface area contributed by atoms with Gasteiger partial charge >= 0.3 is 0 Å². The van der Waals surface area contributed by atoms with Gasteiger partial charge in [0.25, 0.3) is 20.2 Å². The van der Waals surface area contributed by atoms with Crippen molar-refractivity contribution in [3.8, 4) is 11.8 Å². The summed E-state index contributed by atoms with van der Waals surface area (Å²) in [6, 6.07) is 15.2. The molecule has 0 aromatic heterocycles. The molecule has 0 radical (unpaired) electrons. The first-order chi connectivity index (χ1) is 23.4. The van der Waals surface area contributed by atoms with E-state index < -0.39 is 58.4 Å². The molecule has 4 aromatic rings. The molecule has 262 valence electrons. The standard InChI is InChI=1S/C33H35N7O8S2/c1-5-15-40(16-6-2)33(3,4)32(42)21-9-13-24(14-10-21)37-39-30-26(50(46,47)48)18-22-17-25(49(43,44)45)29(28(35)27(22)31(30)41)38-36-23-11-7-20(19-34)8-12-23/h7-14,17-18,41H,5-6,15-16,35H2,1-4H3,(H,43,44,45)(H,46,47,48). The molecule has 0 unspecified atom stereocenters. The second-order valence-corrected chi connectivity index (χ2v) is 14.5. The van der Waals surface area contributed by atoms with Crippen molar-refractivity contribution < 1.29 is 35.8 Å². The molecule has 0 atom stereocenters. The average Bonchev–Trinajstić information content (AvgIpc) is 3.06. The molecule has 0 aliphatic heterocycles. The van der Waals surface area contributed by atoms with E-state index in [1.807, 2.05) is 33.8 Å². The number of nitrogens with two attached hydrogens (primary N) is 1. The summed E-state index contributed by atoms with van der Waals surface area (Å²) >= 11 is 0. The largest absolute Gasteiger partial charge is 0.505 e. The lowest BCUT2D eigenvalue weighted by Gasteiger charge is -2.37. The summed E-state index contributed by atoms with van der Waals surface area (Å²) < 4.78 is 69.4. The number of hydrogen-bond donors (Lipinski definition) is 4. The number of nitriles is 1. The Hall–Kier alpha value is -5.12. The molecular weight excluding hydrogens is 687 g/mol. The van der Waals surface area contributed by atoms with Crippen molar-refractivity contribution in [2.75, 3.05) is 18.8 Å². The molecule has 0 aliphatic rings. The number of azo groups is 2. The van der Waals surface area contributed by atoms with Gasteiger partial charge in [0.1, 0.15) is 21.2 Å². The number of phenols is 1. The number of carbonyl (C=O) groups excluding carboxylic acids is 1. The number of Topliss-reactive ketones (excluding diaryl/α,β-unsaturated/α-hetero) is 1. The van der Waals surface area contributed by atoms with Gasteiger partial charge in [0, 0.05) is 5.56 Å². The van der Waals surface area contributed by atoms with Crippen LogP contribution in [-0.4, -0.2) is 60.4 Å². The van der Waals surface area contributed by atoms with E-state index in [0.717, 1.165) is 38.1 Å². The molecule has 0 heterocycles. The van der Waals surface area contributed by atoms with Gasteiger partial charge in [-0.25, -0.2) is 0 Å². The van der Waals surface area contributed by atoms with Crippen LogP contribution in [0.1, 0.15) is 56.5 Å². The normalized spacial score (nSPS) is 12.7. The van der Waals surface area contributed by atoms with Crippen molar-refractivity contribution in [2.45, 2.75) is 55.9 Å². The fourth-order valence-corrected chi connectivity index (χ4v) is 6.64. The third kappa shape index (κ3) is 8.01. The van der Waals surface area contributed by atoms with Gasteiger partial charge in [-0.15, -0.1) is 10.2 Å². The van der Waals surface area contributed by atoms with Crippen LogP contribution in [0.3, 0.4) is 0 Å². The van der Waals surface area contributed by atoms with Crippen molar-refractivity contribution in [3.05, 3.63) is 71.8 Å². The first-order valence-corrected chi connectivity index (χ1v) is 18.1. The number of benzene rings is 4. The molecule has 0 amide bonds. The van der Waals surface area contributed by atoms with Crippen LogP contribution in [0.15, 0.2) is 90.9 Å². The Morgan fingerprint density at radius 2 is 1.28 bits per heavy atom. The molecule has 4 rings (SSSR count). The highest BCUT2D eigenvalue weighted by molar-refractivity contribution is 7.86. The summed E-state index contributed by atoms with van der Waals surface area (Å²) in [6.07, 6.45) is 1.75. The Morgan fingerprint density at radius 1 is 0.820 bits per heavy atom. The van der Waals surface area contributed by atoms with Crippen LogP contribution in [0.5, 0.6) is 5.75 Å². The van der Waals surface area contributed by atoms with Gasteiger partial charge in [-0.1, -0.05) is 13.8 Å². The maximum absolute atomic E-state index is 13.5. The lowest BCUT2D eigenvalue weighted by atomic mass is 9.90. The van der Waals surface area contributed by atoms with Gasteiger partial charge < -0.3 is 10.8 Å². The second kappa shape index (κ2) is 14.8. The summed E-state index contributed by atoms with van der Waals surface area (Å²) in [4.78, 5) is 13.8. The number of aromatic hydroxyl groups is 1. The fraction of sp³-hybridized carbons (Fsp3) is 0.273. The van der Waals surface area contributed by atoms with Gasteiger partial charge in [0.05, 0.1) is 39.6 Å². The third-order valence-electron chi connectivity index (χ3n) is 7.86. The summed E-state index contributed by atoms with van der Waals surface area (Å²) in [7, 11) is -10.2. The highest BCUT2D eigenvalue weighted by atomic mass is 32.2. The molecule has 0 fully saturated rings. The molecule has 0 bridgehead atoms. The molecule has 0 saturated heterocycles. The Bertz CT molecular complexity index is 2260. The monoisotopic (exact) mass is 721 g/mol. The first-order valence-electron chi connectivity index (χ1n) is 15.2. The molecule has 50 heavy (non-hydrogen) atoms. The summed E-state index contributed by atoms with van der Waals surface area (Å²) in [5.74, 6) is -1.02. The van der Waals surface area contributed by atoms with E-state index in [4.69, 9.17) is 11.0 Å². The third-order valence-corrected chi connectivity index (χ3v) is 9.59. The molecule has 0 saturated carbocycles. The number of carbonyl (C=O) groups is 1. The predicted octanol–water partition coefficient (Wildman–Crippen LogP) is 7.41. The van der Waals surface area contributed by atoms with Crippen molar-refractivity contribution in [3.63, 3.8) is 0 Å². The highest BCUT2D eigenvalue weighted by Gasteiger charge is 2.34. The number of anilines is 1. The highest BCUT2D eigenvalue weighted by Crippen LogP contribution is 2.48. The number of nitrogen functional groups attached to an aromatic ring is 1. The van der Waals surface area contributed by atoms with Crippen LogP contribution < -0.4 is 5.73 Å². The SMILES string of the molecule is CCCN(CCC)C(C)(C)C(=O)c1ccc(N=Nc2c(S(=O)(=O)O)cc3cc(S(=O)(=O)O)c(N=Nc4ccc(C#N)cc4)c(N)c3c2O)cc1. The average molecular weight is 722 g/mol. The molecule has 0 aliphatic carbocycles. The van der Waals surface area contributed by atoms with E-state index in [2.05, 4.69) is 25.4 Å². The van der Waals surface area contributed by atoms with E-state index in [9.17, 15) is 35.8 Å². The van der Waals surface area contributed by atoms with Crippen LogP contribution >= 0.6 is 0 Å². The minimum Gasteiger partial charge on any atom is -0.505 e. The Morgan fingerprint density at radius 3 is 1.74 bits per heavy atom. The van der Waals surface area contributed by atoms with Crippen molar-refractivity contribution in [1.82, 2.24) is 4.90 Å². The molecule has 17 heteroatoms. The first kappa shape index (κ1) is 37.7. The Balaban J connectivity index is 1.82. The Kier molecular flexibility index (Phi) is 11.1. The minimum absolute atomic E-state index is 0.115. The number of phenolic OH excluding ortho intramolecular Hbond substituents is 1. The summed E-state index contributed by atoms with van der Waals surface area (Å²) in [5.41, 5.74) is 4.66. The second-order valence-electron chi connectivity index (χ2n) is 11.7. The van der Waals surface area contributed by atoms with Crippen LogP contribution in [0.2, 0.25) is 0 Å². The molecule has 4 aromatic carbocycles. The number of hydrogen-bond acceptors (Lipinski definition) is 13. The van der Waals surface area contributed by atoms with Crippen molar-refractivity contribution in [1.29, 1.82) is 5.26 Å². The van der Waals surface area contributed by atoms with Crippen LogP contribution in [0, 0.1) is 11.3 Å². The van der Waals surface area contributed by atoms with Gasteiger partial charge in [-0.3, -0.25) is 18.8 Å². The quantitative estimate of drug-likeness (QED) is 0.0458. The zero-order valence-corrected chi connectivity index (χ0v) is 29.2. The zero-order valence-electron chi connectivity index (χ0n) is 27.6. The number of nitrogens with zero attached hydrogens (tertiary/aromatic N) is 6. The van der Waals surface area contributed by atoms with E-state index in [-0.39, 0.29) is 27.9 Å². The molecule has 5 N–H and O–H groups in total. The van der Waals surface area contributed by atoms with Crippen molar-refractivity contribution in [2.24, 2.45) is 20.5 Å². The van der Waals surface area contributed by atoms with E-state index in [0.29, 0.717) is 11.1 Å². The maximum Gasteiger partial charge on any atom is 0.296 e. The van der Waals surface area contributed by atoms with Gasteiger partial charge in [-0.2, -0.15) is 32.3 Å². The molecular formula is C33H35N7O8S2. The number of rotatable bonds is 13. The number of ketones is 1. The molecule has 15 nitrogen and oxygen atoms in total. The van der Waals surface area contributed by atoms with Crippen LogP contribution in [0.4, 0.5) is 28.4 Å². The van der Waals surface area contributed by atoms with E-state index >= 15 is 0 Å². The summed E-state index contributed by atoms with van der Waals surface area (Å²) in [5, 5.41) is 35.3. The Labute approximate surface area is 289 Å². The van der Waals surface area contributed by atoms with E-state index in [1.165, 1.54) is 36.4 Å². The topological polar surface area (TPSA) is 249 Å². The predicted molar refractivity (Wildman–Crippen MR) is 186 cm³/mol. The lowest BCUT2D eigenvalue weighted by molar-refractivity contribution is 0.0639. The zero-order chi connectivity index (χ0) is 37.0. The van der Waals surface area contributed by atoms with Crippen molar-refractivity contribution >= 4 is 65.2 Å². The van der Waals surface area contributed by atoms with E-state index in [1.54, 1.807) is 12.1 Å².